The first-order valence-electron chi connectivity index (χ1n) is 8.44. The minimum Gasteiger partial charge on any atom is -0.322 e. The molecule has 0 spiro atoms. The number of pyridine rings is 2. The van der Waals surface area contributed by atoms with Crippen molar-refractivity contribution in [2.24, 2.45) is 0 Å². The average Bonchev–Trinajstić information content (AvgIpc) is 3.41. The Morgan fingerprint density at radius 2 is 1.92 bits per heavy atom. The number of nitrogens with zero attached hydrogens (tertiary/aromatic N) is 2. The molecule has 1 fully saturated rings. The van der Waals surface area contributed by atoms with E-state index in [9.17, 15) is 4.79 Å². The van der Waals surface area contributed by atoms with Gasteiger partial charge in [0.25, 0.3) is 5.56 Å². The molecule has 0 aliphatic heterocycles. The van der Waals surface area contributed by atoms with Crippen LogP contribution in [0.25, 0.3) is 10.9 Å². The van der Waals surface area contributed by atoms with Crippen LogP contribution in [0.1, 0.15) is 29.5 Å². The lowest BCUT2D eigenvalue weighted by molar-refractivity contribution is 0.245. The summed E-state index contributed by atoms with van der Waals surface area (Å²) in [6.45, 7) is 3.58. The molecule has 3 aromatic rings. The molecule has 1 aromatic carbocycles. The van der Waals surface area contributed by atoms with Gasteiger partial charge in [0.1, 0.15) is 0 Å². The predicted octanol–water partition coefficient (Wildman–Crippen LogP) is 3.40. The van der Waals surface area contributed by atoms with E-state index in [1.165, 1.54) is 18.4 Å². The largest absolute Gasteiger partial charge is 0.322 e. The highest BCUT2D eigenvalue weighted by atomic mass is 16.1. The number of hydrogen-bond donors (Lipinski definition) is 1. The first-order chi connectivity index (χ1) is 11.7. The van der Waals surface area contributed by atoms with E-state index in [0.717, 1.165) is 28.6 Å². The fourth-order valence-corrected chi connectivity index (χ4v) is 3.17. The summed E-state index contributed by atoms with van der Waals surface area (Å²) in [5.74, 6) is 0. The van der Waals surface area contributed by atoms with Gasteiger partial charge in [0.2, 0.25) is 0 Å². The van der Waals surface area contributed by atoms with Gasteiger partial charge in [-0.15, -0.1) is 0 Å². The van der Waals surface area contributed by atoms with E-state index in [2.05, 4.69) is 27.0 Å². The molecule has 1 aliphatic rings. The number of aromatic nitrogens is 2. The Balaban J connectivity index is 1.62. The number of aryl methyl sites for hydroxylation is 1. The number of rotatable bonds is 5. The number of H-pyrrole nitrogens is 1. The van der Waals surface area contributed by atoms with Gasteiger partial charge in [-0.05, 0) is 60.5 Å². The van der Waals surface area contributed by atoms with Crippen LogP contribution in [0, 0.1) is 6.92 Å². The highest BCUT2D eigenvalue weighted by Crippen LogP contribution is 2.29. The Labute approximate surface area is 141 Å². The monoisotopic (exact) mass is 319 g/mol. The van der Waals surface area contributed by atoms with Crippen molar-refractivity contribution < 1.29 is 0 Å². The fraction of sp³-hybridized carbons (Fsp3) is 0.300. The van der Waals surface area contributed by atoms with Crippen LogP contribution >= 0.6 is 0 Å². The normalized spacial score (nSPS) is 14.4. The number of fused-ring (bicyclic) bond motifs is 1. The van der Waals surface area contributed by atoms with Gasteiger partial charge in [-0.25, -0.2) is 0 Å². The second-order valence-electron chi connectivity index (χ2n) is 6.71. The summed E-state index contributed by atoms with van der Waals surface area (Å²) in [6.07, 6.45) is 6.09. The minimum absolute atomic E-state index is 0.0217. The van der Waals surface area contributed by atoms with E-state index >= 15 is 0 Å². The Kier molecular flexibility index (Phi) is 3.90. The first-order valence-corrected chi connectivity index (χ1v) is 8.44. The van der Waals surface area contributed by atoms with Crippen LogP contribution in [0.4, 0.5) is 0 Å². The van der Waals surface area contributed by atoms with Gasteiger partial charge < -0.3 is 4.98 Å². The molecule has 122 valence electrons. The summed E-state index contributed by atoms with van der Waals surface area (Å²) >= 11 is 0. The smallest absolute Gasteiger partial charge is 0.252 e. The zero-order valence-electron chi connectivity index (χ0n) is 13.8. The zero-order chi connectivity index (χ0) is 16.5. The van der Waals surface area contributed by atoms with Crippen molar-refractivity contribution in [3.05, 3.63) is 75.8 Å². The molecule has 0 radical (unpaired) electrons. The third kappa shape index (κ3) is 3.24. The van der Waals surface area contributed by atoms with Gasteiger partial charge >= 0.3 is 0 Å². The fourth-order valence-electron chi connectivity index (χ4n) is 3.17. The Morgan fingerprint density at radius 1 is 1.12 bits per heavy atom. The van der Waals surface area contributed by atoms with Crippen molar-refractivity contribution in [3.8, 4) is 0 Å². The molecular formula is C20H21N3O. The SMILES string of the molecule is Cc1ccc2cc(CN(Cc3ccncc3)C3CC3)c(=O)[nH]c2c1. The molecule has 2 heterocycles. The maximum Gasteiger partial charge on any atom is 0.252 e. The number of nitrogens with one attached hydrogen (secondary N) is 1. The molecule has 4 heteroatoms. The van der Waals surface area contributed by atoms with Crippen molar-refractivity contribution >= 4 is 10.9 Å². The molecule has 2 aromatic heterocycles. The quantitative estimate of drug-likeness (QED) is 0.784. The maximum atomic E-state index is 12.5. The summed E-state index contributed by atoms with van der Waals surface area (Å²) in [5.41, 5.74) is 4.17. The summed E-state index contributed by atoms with van der Waals surface area (Å²) in [4.78, 5) is 22.0. The number of benzene rings is 1. The Bertz CT molecular complexity index is 913. The molecule has 0 bridgehead atoms. The van der Waals surface area contributed by atoms with Crippen LogP contribution in [0.15, 0.2) is 53.6 Å². The van der Waals surface area contributed by atoms with Crippen molar-refractivity contribution in [1.29, 1.82) is 0 Å². The average molecular weight is 319 g/mol. The van der Waals surface area contributed by atoms with Crippen LogP contribution < -0.4 is 5.56 Å². The number of aromatic amines is 1. The molecule has 0 amide bonds. The van der Waals surface area contributed by atoms with Gasteiger partial charge in [-0.2, -0.15) is 0 Å². The lowest BCUT2D eigenvalue weighted by Crippen LogP contribution is -2.28. The van der Waals surface area contributed by atoms with Gasteiger partial charge in [0, 0.05) is 42.6 Å². The van der Waals surface area contributed by atoms with Crippen molar-refractivity contribution in [2.45, 2.75) is 38.9 Å². The summed E-state index contributed by atoms with van der Waals surface area (Å²) < 4.78 is 0. The number of hydrogen-bond acceptors (Lipinski definition) is 3. The van der Waals surface area contributed by atoms with Crippen LogP contribution in [-0.4, -0.2) is 20.9 Å². The van der Waals surface area contributed by atoms with Gasteiger partial charge in [0.15, 0.2) is 0 Å². The van der Waals surface area contributed by atoms with Crippen LogP contribution in [0.3, 0.4) is 0 Å². The Hall–Kier alpha value is -2.46. The van der Waals surface area contributed by atoms with Crippen molar-refractivity contribution in [3.63, 3.8) is 0 Å². The standard InChI is InChI=1S/C20H21N3O/c1-14-2-3-16-11-17(20(24)22-19(16)10-14)13-23(18-4-5-18)12-15-6-8-21-9-7-15/h2-3,6-11,18H,4-5,12-13H2,1H3,(H,22,24). The van der Waals surface area contributed by atoms with E-state index in [1.807, 2.05) is 43.6 Å². The molecule has 4 rings (SSSR count). The molecule has 1 N–H and O–H groups in total. The predicted molar refractivity (Wildman–Crippen MR) is 95.8 cm³/mol. The van der Waals surface area contributed by atoms with Gasteiger partial charge in [-0.1, -0.05) is 12.1 Å². The van der Waals surface area contributed by atoms with E-state index in [1.54, 1.807) is 0 Å². The summed E-state index contributed by atoms with van der Waals surface area (Å²) in [7, 11) is 0. The molecule has 1 aliphatic carbocycles. The lowest BCUT2D eigenvalue weighted by atomic mass is 10.1. The molecular weight excluding hydrogens is 298 g/mol. The summed E-state index contributed by atoms with van der Waals surface area (Å²) in [5, 5.41) is 1.09. The molecule has 1 saturated carbocycles. The second-order valence-corrected chi connectivity index (χ2v) is 6.71. The Morgan fingerprint density at radius 3 is 2.67 bits per heavy atom. The molecule has 4 nitrogen and oxygen atoms in total. The van der Waals surface area contributed by atoms with Crippen LogP contribution in [-0.2, 0) is 13.1 Å². The van der Waals surface area contributed by atoms with Gasteiger partial charge in [0.05, 0.1) is 0 Å². The third-order valence-electron chi connectivity index (χ3n) is 4.65. The van der Waals surface area contributed by atoms with Crippen LogP contribution in [0.5, 0.6) is 0 Å². The highest BCUT2D eigenvalue weighted by molar-refractivity contribution is 5.79. The van der Waals surface area contributed by atoms with E-state index in [0.29, 0.717) is 12.6 Å². The molecule has 0 unspecified atom stereocenters. The van der Waals surface area contributed by atoms with Gasteiger partial charge in [-0.3, -0.25) is 14.7 Å². The van der Waals surface area contributed by atoms with E-state index < -0.39 is 0 Å². The molecule has 24 heavy (non-hydrogen) atoms. The molecule has 0 atom stereocenters. The third-order valence-corrected chi connectivity index (χ3v) is 4.65. The minimum atomic E-state index is 0.0217. The van der Waals surface area contributed by atoms with E-state index in [-0.39, 0.29) is 5.56 Å². The molecule has 0 saturated heterocycles. The second kappa shape index (κ2) is 6.21. The summed E-state index contributed by atoms with van der Waals surface area (Å²) in [6, 6.07) is 12.9. The van der Waals surface area contributed by atoms with Crippen molar-refractivity contribution in [2.75, 3.05) is 0 Å². The van der Waals surface area contributed by atoms with Crippen molar-refractivity contribution in [1.82, 2.24) is 14.9 Å². The lowest BCUT2D eigenvalue weighted by Gasteiger charge is -2.22. The topological polar surface area (TPSA) is 49.0 Å². The zero-order valence-corrected chi connectivity index (χ0v) is 13.8. The maximum absolute atomic E-state index is 12.5. The van der Waals surface area contributed by atoms with Crippen LogP contribution in [0.2, 0.25) is 0 Å². The highest BCUT2D eigenvalue weighted by Gasteiger charge is 2.29. The van der Waals surface area contributed by atoms with E-state index in [4.69, 9.17) is 0 Å². The first kappa shape index (κ1) is 15.1.